The molecular formula is C46H77NO10. The van der Waals surface area contributed by atoms with Crippen LogP contribution in [-0.4, -0.2) is 98.6 Å². The van der Waals surface area contributed by atoms with Crippen LogP contribution >= 0.6 is 0 Å². The second-order valence-electron chi connectivity index (χ2n) is 19.7. The number of nitrogens with one attached hydrogen (secondary N) is 1. The maximum absolute atomic E-state index is 14.6. The Bertz CT molecular complexity index is 1440. The van der Waals surface area contributed by atoms with Crippen LogP contribution in [0.3, 0.4) is 0 Å². The van der Waals surface area contributed by atoms with Crippen molar-refractivity contribution >= 4 is 11.8 Å². The Kier molecular flexibility index (Phi) is 13.8. The van der Waals surface area contributed by atoms with Crippen molar-refractivity contribution in [1.29, 1.82) is 0 Å². The van der Waals surface area contributed by atoms with Gasteiger partial charge in [-0.2, -0.15) is 0 Å². The van der Waals surface area contributed by atoms with E-state index in [4.69, 9.17) is 23.7 Å². The normalized spacial score (nSPS) is 45.3. The first-order valence-corrected chi connectivity index (χ1v) is 22.9. The van der Waals surface area contributed by atoms with Gasteiger partial charge in [-0.25, -0.2) is 0 Å². The summed E-state index contributed by atoms with van der Waals surface area (Å²) in [6.07, 6.45) is 11.7. The van der Waals surface area contributed by atoms with Crippen LogP contribution in [-0.2, 0) is 33.3 Å². The molecule has 5 heterocycles. The summed E-state index contributed by atoms with van der Waals surface area (Å²) in [5, 5.41) is 36.7. The van der Waals surface area contributed by atoms with Gasteiger partial charge >= 0.3 is 5.97 Å². The van der Waals surface area contributed by atoms with Gasteiger partial charge in [0.25, 0.3) is 0 Å². The van der Waals surface area contributed by atoms with Gasteiger partial charge in [0.15, 0.2) is 11.6 Å². The zero-order valence-electron chi connectivity index (χ0n) is 36.7. The summed E-state index contributed by atoms with van der Waals surface area (Å²) in [4.78, 5) is 26.6. The third-order valence-corrected chi connectivity index (χ3v) is 16.0. The highest BCUT2D eigenvalue weighted by atomic mass is 16.8. The second-order valence-corrected chi connectivity index (χ2v) is 19.7. The number of ether oxygens (including phenoxy) is 5. The molecule has 1 saturated carbocycles. The topological polar surface area (TPSA) is 153 Å². The molecule has 6 aliphatic rings. The molecule has 0 radical (unpaired) electrons. The molecule has 326 valence electrons. The highest BCUT2D eigenvalue weighted by Gasteiger charge is 2.63. The molecule has 0 amide bonds. The minimum atomic E-state index is -1.12. The molecule has 0 aromatic rings. The number of carbonyl (C=O) groups is 2. The number of ketones is 1. The third-order valence-electron chi connectivity index (χ3n) is 16.0. The molecule has 5 aliphatic heterocycles. The molecular weight excluding hydrogens is 727 g/mol. The van der Waals surface area contributed by atoms with E-state index in [1.165, 1.54) is 6.42 Å². The fourth-order valence-electron chi connectivity index (χ4n) is 11.5. The van der Waals surface area contributed by atoms with Crippen molar-refractivity contribution in [3.05, 3.63) is 12.2 Å². The Morgan fingerprint density at radius 2 is 1.58 bits per heavy atom. The van der Waals surface area contributed by atoms with Crippen molar-refractivity contribution in [1.82, 2.24) is 5.32 Å². The van der Waals surface area contributed by atoms with Crippen LogP contribution in [0, 0.1) is 41.4 Å². The molecule has 11 heteroatoms. The maximum atomic E-state index is 14.6. The van der Waals surface area contributed by atoms with E-state index in [1.807, 2.05) is 41.5 Å². The smallest absolute Gasteiger partial charge is 0.309 e. The predicted molar refractivity (Wildman–Crippen MR) is 217 cm³/mol. The van der Waals surface area contributed by atoms with Gasteiger partial charge in [-0.3, -0.25) is 9.59 Å². The van der Waals surface area contributed by atoms with E-state index in [2.05, 4.69) is 45.2 Å². The van der Waals surface area contributed by atoms with Gasteiger partial charge in [0.2, 0.25) is 0 Å². The molecule has 0 bridgehead atoms. The van der Waals surface area contributed by atoms with E-state index in [1.54, 1.807) is 0 Å². The molecule has 4 N–H and O–H groups in total. The van der Waals surface area contributed by atoms with Crippen molar-refractivity contribution in [2.24, 2.45) is 41.4 Å². The standard InChI is InChI=1S/C46H77NO10/c1-11-33(42(50)51)35-18-17-26(4)40(54-35)30(8)38(48)29(7)39(49)34(12-2)41-27(5)25-28(6)45(55-41)22-19-36(47-32-15-14-16-32)46(57-45)24-23-43(10,56-46)37-20-21-44(52,13-3)31(9)53-37/h19,22,26-38,40-41,47-48,52H,11-18,20-21,23-25H2,1-10H3,(H,50,51)/t26-,27-,28+,29-,30-,31-,33?,34-,35+,36+,37+,38+,40?,41-,43-,44+,45-,46-/m0/s1. The molecule has 2 unspecified atom stereocenters. The van der Waals surface area contributed by atoms with Crippen LogP contribution in [0.4, 0.5) is 0 Å². The number of Topliss-reactive ketones (excluding diaryl/α,β-unsaturated/α-hetero) is 1. The van der Waals surface area contributed by atoms with Crippen molar-refractivity contribution < 1.29 is 48.6 Å². The summed E-state index contributed by atoms with van der Waals surface area (Å²) < 4.78 is 34.8. The van der Waals surface area contributed by atoms with Crippen LogP contribution in [0.25, 0.3) is 0 Å². The largest absolute Gasteiger partial charge is 0.481 e. The number of aliphatic hydroxyl groups is 2. The number of aliphatic carboxylic acids is 1. The molecule has 2 spiro atoms. The SMILES string of the molecule is CCC(C(=O)O)[C@H]1CC[C@H](C)C([C@@H](C)[C@H](O)[C@H](C)C(=O)[C@H](CC)[C@H]2O[C@]3(C=C[C@@H](NC4CCC4)[C@]4(CC[C@@](C)([C@H]5CC[C@](O)(CC)[C@H](C)O5)O4)O3)[C@H](C)C[C@@H]2C)O1. The summed E-state index contributed by atoms with van der Waals surface area (Å²) in [5.41, 5.74) is -1.47. The van der Waals surface area contributed by atoms with Crippen LogP contribution in [0.15, 0.2) is 12.2 Å². The van der Waals surface area contributed by atoms with E-state index >= 15 is 0 Å². The van der Waals surface area contributed by atoms with E-state index < -0.39 is 64.8 Å². The molecule has 18 atom stereocenters. The summed E-state index contributed by atoms with van der Waals surface area (Å²) in [6, 6.07) is 0.202. The highest BCUT2D eigenvalue weighted by molar-refractivity contribution is 5.84. The van der Waals surface area contributed by atoms with Gasteiger partial charge in [0, 0.05) is 36.1 Å². The molecule has 57 heavy (non-hydrogen) atoms. The second kappa shape index (κ2) is 17.5. The number of aliphatic hydroxyl groups excluding tert-OH is 1. The minimum absolute atomic E-state index is 0.0197. The minimum Gasteiger partial charge on any atom is -0.481 e. The number of hydrogen-bond acceptors (Lipinski definition) is 10. The van der Waals surface area contributed by atoms with Gasteiger partial charge in [-0.1, -0.05) is 67.9 Å². The summed E-state index contributed by atoms with van der Waals surface area (Å²) in [7, 11) is 0. The molecule has 0 aromatic heterocycles. The molecule has 1 aliphatic carbocycles. The van der Waals surface area contributed by atoms with Gasteiger partial charge < -0.3 is 44.3 Å². The average Bonchev–Trinajstić information content (AvgIpc) is 3.50. The number of carbonyl (C=O) groups excluding carboxylic acids is 1. The van der Waals surface area contributed by atoms with Gasteiger partial charge in [-0.15, -0.1) is 0 Å². The summed E-state index contributed by atoms with van der Waals surface area (Å²) in [6.45, 7) is 20.2. The maximum Gasteiger partial charge on any atom is 0.309 e. The number of hydrogen-bond donors (Lipinski definition) is 4. The first-order valence-electron chi connectivity index (χ1n) is 22.9. The Balaban J connectivity index is 1.21. The average molecular weight is 804 g/mol. The molecule has 5 fully saturated rings. The molecule has 6 rings (SSSR count). The Labute approximate surface area is 342 Å². The van der Waals surface area contributed by atoms with E-state index in [0.29, 0.717) is 51.0 Å². The lowest BCUT2D eigenvalue weighted by Crippen LogP contribution is -2.66. The quantitative estimate of drug-likeness (QED) is 0.131. The molecule has 0 aromatic carbocycles. The molecule has 4 saturated heterocycles. The third kappa shape index (κ3) is 8.58. The predicted octanol–water partition coefficient (Wildman–Crippen LogP) is 7.34. The fraction of sp³-hybridized carbons (Fsp3) is 0.913. The van der Waals surface area contributed by atoms with Crippen molar-refractivity contribution in [2.75, 3.05) is 0 Å². The summed E-state index contributed by atoms with van der Waals surface area (Å²) >= 11 is 0. The first-order chi connectivity index (χ1) is 26.9. The number of rotatable bonds is 14. The monoisotopic (exact) mass is 804 g/mol. The lowest BCUT2D eigenvalue weighted by molar-refractivity contribution is -0.398. The lowest BCUT2D eigenvalue weighted by Gasteiger charge is -2.55. The van der Waals surface area contributed by atoms with Crippen molar-refractivity contribution in [3.8, 4) is 0 Å². The number of carboxylic acids is 1. The van der Waals surface area contributed by atoms with Gasteiger partial charge in [0.05, 0.1) is 59.8 Å². The summed E-state index contributed by atoms with van der Waals surface area (Å²) in [5.74, 6) is -4.97. The van der Waals surface area contributed by atoms with Gasteiger partial charge in [0.1, 0.15) is 5.78 Å². The van der Waals surface area contributed by atoms with Crippen LogP contribution in [0.2, 0.25) is 0 Å². The Morgan fingerprint density at radius 3 is 2.18 bits per heavy atom. The highest BCUT2D eigenvalue weighted by Crippen LogP contribution is 2.54. The van der Waals surface area contributed by atoms with E-state index in [0.717, 1.165) is 32.1 Å². The Hall–Kier alpha value is -1.44. The van der Waals surface area contributed by atoms with Gasteiger partial charge in [-0.05, 0) is 102 Å². The number of carboxylic acid groups (broad SMARTS) is 1. The first kappa shape index (κ1) is 45.1. The van der Waals surface area contributed by atoms with Crippen LogP contribution in [0.1, 0.15) is 153 Å². The zero-order valence-corrected chi connectivity index (χ0v) is 36.7. The fourth-order valence-corrected chi connectivity index (χ4v) is 11.5. The van der Waals surface area contributed by atoms with Crippen molar-refractivity contribution in [3.63, 3.8) is 0 Å². The Morgan fingerprint density at radius 1 is 0.877 bits per heavy atom. The zero-order chi connectivity index (χ0) is 41.7. The molecule has 11 nitrogen and oxygen atoms in total. The van der Waals surface area contributed by atoms with Crippen LogP contribution in [0.5, 0.6) is 0 Å². The lowest BCUT2D eigenvalue weighted by atomic mass is 9.72. The van der Waals surface area contributed by atoms with Crippen molar-refractivity contribution in [2.45, 2.75) is 224 Å². The van der Waals surface area contributed by atoms with Crippen LogP contribution < -0.4 is 5.32 Å². The van der Waals surface area contributed by atoms with E-state index in [9.17, 15) is 24.9 Å². The van der Waals surface area contributed by atoms with E-state index in [-0.39, 0.29) is 53.8 Å².